The molecule has 1 heterocycles. The number of fused-ring (bicyclic) bond motifs is 1. The lowest BCUT2D eigenvalue weighted by Gasteiger charge is -2.07. The summed E-state index contributed by atoms with van der Waals surface area (Å²) < 4.78 is 0. The highest BCUT2D eigenvalue weighted by Gasteiger charge is 2.05. The summed E-state index contributed by atoms with van der Waals surface area (Å²) in [5.41, 5.74) is 1.66. The van der Waals surface area contributed by atoms with Crippen molar-refractivity contribution in [3.05, 3.63) is 36.5 Å². The van der Waals surface area contributed by atoms with Crippen LogP contribution in [0.1, 0.15) is 19.8 Å². The Balaban J connectivity index is 2.05. The van der Waals surface area contributed by atoms with E-state index in [2.05, 4.69) is 10.3 Å². The summed E-state index contributed by atoms with van der Waals surface area (Å²) in [6.07, 6.45) is 2.09. The molecule has 0 aliphatic heterocycles. The number of anilines is 1. The van der Waals surface area contributed by atoms with E-state index in [9.17, 15) is 4.79 Å². The summed E-state index contributed by atoms with van der Waals surface area (Å²) in [4.78, 5) is 15.8. The molecule has 1 aromatic heterocycles. The fourth-order valence-corrected chi connectivity index (χ4v) is 1.72. The third kappa shape index (κ3) is 3.28. The molecule has 0 fully saturated rings. The fourth-order valence-electron chi connectivity index (χ4n) is 1.72. The van der Waals surface area contributed by atoms with Crippen molar-refractivity contribution in [2.75, 3.05) is 5.32 Å². The van der Waals surface area contributed by atoms with Crippen molar-refractivity contribution >= 4 is 22.5 Å². The molecule has 0 aliphatic rings. The van der Waals surface area contributed by atoms with Gasteiger partial charge in [-0.05, 0) is 37.6 Å². The average molecular weight is 244 g/mol. The standard InChI is InChI=1S/C14H16N2O2/c1-10(17)4-7-14(18)16-12-5-6-13-11(9-12)3-2-8-15-13/h2-3,5-6,8-10,17H,4,7H2,1H3,(H,16,18). The van der Waals surface area contributed by atoms with Gasteiger partial charge in [0.15, 0.2) is 0 Å². The fraction of sp³-hybridized carbons (Fsp3) is 0.286. The zero-order valence-corrected chi connectivity index (χ0v) is 10.3. The third-order valence-electron chi connectivity index (χ3n) is 2.68. The van der Waals surface area contributed by atoms with E-state index < -0.39 is 6.10 Å². The predicted octanol–water partition coefficient (Wildman–Crippen LogP) is 2.33. The minimum Gasteiger partial charge on any atom is -0.393 e. The molecule has 4 nitrogen and oxygen atoms in total. The monoisotopic (exact) mass is 244 g/mol. The van der Waals surface area contributed by atoms with Gasteiger partial charge >= 0.3 is 0 Å². The Bertz CT molecular complexity index is 552. The van der Waals surface area contributed by atoms with Crippen molar-refractivity contribution in [3.63, 3.8) is 0 Å². The second-order valence-electron chi connectivity index (χ2n) is 4.35. The number of carbonyl (C=O) groups excluding carboxylic acids is 1. The highest BCUT2D eigenvalue weighted by atomic mass is 16.3. The zero-order valence-electron chi connectivity index (χ0n) is 10.3. The van der Waals surface area contributed by atoms with E-state index in [-0.39, 0.29) is 5.91 Å². The maximum atomic E-state index is 11.6. The van der Waals surface area contributed by atoms with Crippen LogP contribution in [0.4, 0.5) is 5.69 Å². The summed E-state index contributed by atoms with van der Waals surface area (Å²) in [7, 11) is 0. The maximum Gasteiger partial charge on any atom is 0.224 e. The maximum absolute atomic E-state index is 11.6. The number of amides is 1. The van der Waals surface area contributed by atoms with Crippen LogP contribution in [0.15, 0.2) is 36.5 Å². The van der Waals surface area contributed by atoms with Crippen LogP contribution in [0.3, 0.4) is 0 Å². The van der Waals surface area contributed by atoms with E-state index >= 15 is 0 Å². The molecule has 4 heteroatoms. The molecule has 1 atom stereocenters. The summed E-state index contributed by atoms with van der Waals surface area (Å²) in [6.45, 7) is 1.68. The topological polar surface area (TPSA) is 62.2 Å². The first-order valence-corrected chi connectivity index (χ1v) is 5.98. The van der Waals surface area contributed by atoms with Crippen LogP contribution in [-0.4, -0.2) is 22.1 Å². The summed E-state index contributed by atoms with van der Waals surface area (Å²) in [5, 5.41) is 12.9. The Hall–Kier alpha value is -1.94. The van der Waals surface area contributed by atoms with Gasteiger partial charge in [0.25, 0.3) is 0 Å². The number of benzene rings is 1. The van der Waals surface area contributed by atoms with E-state index in [4.69, 9.17) is 5.11 Å². The molecule has 2 rings (SSSR count). The van der Waals surface area contributed by atoms with Crippen molar-refractivity contribution in [1.82, 2.24) is 4.98 Å². The van der Waals surface area contributed by atoms with Crippen molar-refractivity contribution in [1.29, 1.82) is 0 Å². The highest BCUT2D eigenvalue weighted by molar-refractivity contribution is 5.93. The molecule has 94 valence electrons. The van der Waals surface area contributed by atoms with Crippen molar-refractivity contribution in [2.24, 2.45) is 0 Å². The third-order valence-corrected chi connectivity index (χ3v) is 2.68. The Kier molecular flexibility index (Phi) is 3.89. The first-order valence-electron chi connectivity index (χ1n) is 5.98. The zero-order chi connectivity index (χ0) is 13.0. The van der Waals surface area contributed by atoms with Crippen molar-refractivity contribution < 1.29 is 9.90 Å². The number of aliphatic hydroxyl groups is 1. The quantitative estimate of drug-likeness (QED) is 0.867. The van der Waals surface area contributed by atoms with Crippen LogP contribution < -0.4 is 5.32 Å². The summed E-state index contributed by atoms with van der Waals surface area (Å²) in [6, 6.07) is 9.41. The number of nitrogens with one attached hydrogen (secondary N) is 1. The van der Waals surface area contributed by atoms with Crippen LogP contribution in [0.2, 0.25) is 0 Å². The second-order valence-corrected chi connectivity index (χ2v) is 4.35. The van der Waals surface area contributed by atoms with Crippen LogP contribution in [0.25, 0.3) is 10.9 Å². The number of rotatable bonds is 4. The van der Waals surface area contributed by atoms with E-state index in [0.29, 0.717) is 12.8 Å². The lowest BCUT2D eigenvalue weighted by Crippen LogP contribution is -2.13. The number of aliphatic hydroxyl groups excluding tert-OH is 1. The molecule has 1 unspecified atom stereocenters. The molecule has 1 amide bonds. The highest BCUT2D eigenvalue weighted by Crippen LogP contribution is 2.17. The van der Waals surface area contributed by atoms with E-state index in [1.165, 1.54) is 0 Å². The lowest BCUT2D eigenvalue weighted by molar-refractivity contribution is -0.116. The van der Waals surface area contributed by atoms with Gasteiger partial charge < -0.3 is 10.4 Å². The van der Waals surface area contributed by atoms with E-state index in [1.807, 2.05) is 30.3 Å². The molecular weight excluding hydrogens is 228 g/mol. The molecule has 0 aliphatic carbocycles. The first-order chi connectivity index (χ1) is 8.65. The van der Waals surface area contributed by atoms with Gasteiger partial charge in [-0.2, -0.15) is 0 Å². The van der Waals surface area contributed by atoms with Gasteiger partial charge in [-0.3, -0.25) is 9.78 Å². The molecule has 0 saturated heterocycles. The molecule has 0 saturated carbocycles. The molecule has 1 aromatic carbocycles. The molecule has 2 N–H and O–H groups in total. The normalized spacial score (nSPS) is 12.3. The number of carbonyl (C=O) groups is 1. The minimum atomic E-state index is -0.448. The SMILES string of the molecule is CC(O)CCC(=O)Nc1ccc2ncccc2c1. The number of aromatic nitrogens is 1. The summed E-state index contributed by atoms with van der Waals surface area (Å²) >= 11 is 0. The Morgan fingerprint density at radius 1 is 1.44 bits per heavy atom. The number of pyridine rings is 1. The van der Waals surface area contributed by atoms with E-state index in [0.717, 1.165) is 16.6 Å². The summed E-state index contributed by atoms with van der Waals surface area (Å²) in [5.74, 6) is -0.0841. The number of nitrogens with zero attached hydrogens (tertiary/aromatic N) is 1. The molecular formula is C14H16N2O2. The Morgan fingerprint density at radius 2 is 2.28 bits per heavy atom. The van der Waals surface area contributed by atoms with Gasteiger partial charge in [-0.25, -0.2) is 0 Å². The minimum absolute atomic E-state index is 0.0841. The van der Waals surface area contributed by atoms with Crippen LogP contribution in [-0.2, 0) is 4.79 Å². The molecule has 2 aromatic rings. The van der Waals surface area contributed by atoms with E-state index in [1.54, 1.807) is 13.1 Å². The van der Waals surface area contributed by atoms with Gasteiger partial charge in [0.2, 0.25) is 5.91 Å². The van der Waals surface area contributed by atoms with Gasteiger partial charge in [0.1, 0.15) is 0 Å². The largest absolute Gasteiger partial charge is 0.393 e. The molecule has 0 spiro atoms. The first kappa shape index (κ1) is 12.5. The average Bonchev–Trinajstić information content (AvgIpc) is 2.36. The molecule has 18 heavy (non-hydrogen) atoms. The van der Waals surface area contributed by atoms with Gasteiger partial charge in [-0.15, -0.1) is 0 Å². The van der Waals surface area contributed by atoms with Crippen molar-refractivity contribution in [3.8, 4) is 0 Å². The van der Waals surface area contributed by atoms with Crippen molar-refractivity contribution in [2.45, 2.75) is 25.9 Å². The van der Waals surface area contributed by atoms with Gasteiger partial charge in [0.05, 0.1) is 11.6 Å². The van der Waals surface area contributed by atoms with Crippen LogP contribution >= 0.6 is 0 Å². The Morgan fingerprint density at radius 3 is 3.06 bits per heavy atom. The van der Waals surface area contributed by atoms with Gasteiger partial charge in [-0.1, -0.05) is 6.07 Å². The molecule has 0 radical (unpaired) electrons. The van der Waals surface area contributed by atoms with Crippen LogP contribution in [0.5, 0.6) is 0 Å². The Labute approximate surface area is 106 Å². The number of hydrogen-bond donors (Lipinski definition) is 2. The van der Waals surface area contributed by atoms with Gasteiger partial charge in [0, 0.05) is 23.7 Å². The second kappa shape index (κ2) is 5.60. The predicted molar refractivity (Wildman–Crippen MR) is 71.3 cm³/mol. The van der Waals surface area contributed by atoms with Crippen LogP contribution in [0, 0.1) is 0 Å². The molecule has 0 bridgehead atoms. The smallest absolute Gasteiger partial charge is 0.224 e. The lowest BCUT2D eigenvalue weighted by atomic mass is 10.2. The number of hydrogen-bond acceptors (Lipinski definition) is 3.